The molecule has 7 nitrogen and oxygen atoms in total. The van der Waals surface area contributed by atoms with Crippen molar-refractivity contribution < 1.29 is 13.2 Å². The van der Waals surface area contributed by atoms with Gasteiger partial charge in [-0.15, -0.1) is 11.3 Å². The van der Waals surface area contributed by atoms with Crippen LogP contribution in [0.2, 0.25) is 0 Å². The highest BCUT2D eigenvalue weighted by atomic mass is 32.2. The third-order valence-corrected chi connectivity index (χ3v) is 7.36. The van der Waals surface area contributed by atoms with Crippen LogP contribution in [0.4, 0.5) is 0 Å². The minimum absolute atomic E-state index is 0.0612. The largest absolute Gasteiger partial charge is 0.365 e. The minimum atomic E-state index is -3.47. The predicted octanol–water partition coefficient (Wildman–Crippen LogP) is 1.38. The van der Waals surface area contributed by atoms with Crippen molar-refractivity contribution in [2.75, 3.05) is 27.2 Å². The van der Waals surface area contributed by atoms with Gasteiger partial charge >= 0.3 is 0 Å². The van der Waals surface area contributed by atoms with Crippen LogP contribution in [0.5, 0.6) is 0 Å². The number of carbonyl (C=O) groups excluding carboxylic acids is 1. The molecule has 1 fully saturated rings. The van der Waals surface area contributed by atoms with E-state index in [-0.39, 0.29) is 5.92 Å². The van der Waals surface area contributed by atoms with Gasteiger partial charge in [-0.05, 0) is 24.5 Å². The van der Waals surface area contributed by atoms with Gasteiger partial charge in [-0.2, -0.15) is 17.0 Å². The highest BCUT2D eigenvalue weighted by Crippen LogP contribution is 2.39. The van der Waals surface area contributed by atoms with E-state index in [1.807, 2.05) is 12.1 Å². The fourth-order valence-electron chi connectivity index (χ4n) is 3.16. The molecule has 0 saturated carbocycles. The van der Waals surface area contributed by atoms with Crippen LogP contribution in [0.1, 0.15) is 34.0 Å². The molecule has 1 amide bonds. The maximum Gasteiger partial charge on any atom is 0.281 e. The highest BCUT2D eigenvalue weighted by Gasteiger charge is 2.34. The van der Waals surface area contributed by atoms with Crippen molar-refractivity contribution in [3.05, 3.63) is 28.8 Å². The molecule has 130 valence electrons. The molecule has 0 bridgehead atoms. The fourth-order valence-corrected chi connectivity index (χ4v) is 5.43. The van der Waals surface area contributed by atoms with Crippen LogP contribution in [0.15, 0.2) is 18.3 Å². The van der Waals surface area contributed by atoms with E-state index in [0.717, 1.165) is 28.6 Å². The van der Waals surface area contributed by atoms with Gasteiger partial charge in [0, 0.05) is 44.7 Å². The summed E-state index contributed by atoms with van der Waals surface area (Å²) in [5, 5.41) is 0.894. The second-order valence-electron chi connectivity index (χ2n) is 6.05. The lowest BCUT2D eigenvalue weighted by molar-refractivity contribution is 0.100. The molecule has 1 atom stereocenters. The zero-order valence-corrected chi connectivity index (χ0v) is 15.2. The number of nitrogens with two attached hydrogens (primary N) is 1. The molecule has 1 aliphatic rings. The molecule has 1 saturated heterocycles. The number of piperidine rings is 1. The van der Waals surface area contributed by atoms with Crippen LogP contribution in [0.25, 0.3) is 10.2 Å². The van der Waals surface area contributed by atoms with Crippen molar-refractivity contribution in [1.29, 1.82) is 0 Å². The Morgan fingerprint density at radius 2 is 2.21 bits per heavy atom. The summed E-state index contributed by atoms with van der Waals surface area (Å²) in [6, 6.07) is 3.74. The Kier molecular flexibility index (Phi) is 4.60. The van der Waals surface area contributed by atoms with Crippen LogP contribution in [-0.4, -0.2) is 55.1 Å². The SMILES string of the molecule is CN(C)S(=O)(=O)N1CCC[C@H](c2c(C(N)=O)sc3ncccc23)C1. The third kappa shape index (κ3) is 2.92. The Morgan fingerprint density at radius 1 is 1.46 bits per heavy atom. The average Bonchev–Trinajstić information content (AvgIpc) is 2.94. The Bertz CT molecular complexity index is 876. The lowest BCUT2D eigenvalue weighted by atomic mass is 9.90. The van der Waals surface area contributed by atoms with Crippen LogP contribution in [0, 0.1) is 0 Å². The molecule has 0 aromatic carbocycles. The van der Waals surface area contributed by atoms with Gasteiger partial charge in [0.1, 0.15) is 4.83 Å². The number of aromatic nitrogens is 1. The Morgan fingerprint density at radius 3 is 2.88 bits per heavy atom. The Balaban J connectivity index is 2.04. The summed E-state index contributed by atoms with van der Waals surface area (Å²) < 4.78 is 27.6. The van der Waals surface area contributed by atoms with Gasteiger partial charge in [-0.3, -0.25) is 4.79 Å². The first-order chi connectivity index (χ1) is 11.3. The van der Waals surface area contributed by atoms with Gasteiger partial charge in [0.05, 0.1) is 4.88 Å². The molecule has 0 aliphatic carbocycles. The number of hydrogen-bond donors (Lipinski definition) is 1. The topological polar surface area (TPSA) is 96.6 Å². The van der Waals surface area contributed by atoms with Crippen molar-refractivity contribution in [3.63, 3.8) is 0 Å². The van der Waals surface area contributed by atoms with E-state index in [1.165, 1.54) is 34.0 Å². The summed E-state index contributed by atoms with van der Waals surface area (Å²) in [5.74, 6) is -0.547. The van der Waals surface area contributed by atoms with Crippen LogP contribution in [0.3, 0.4) is 0 Å². The quantitative estimate of drug-likeness (QED) is 0.882. The molecule has 1 aliphatic heterocycles. The molecule has 24 heavy (non-hydrogen) atoms. The molecular weight excluding hydrogens is 348 g/mol. The van der Waals surface area contributed by atoms with E-state index in [0.29, 0.717) is 18.0 Å². The van der Waals surface area contributed by atoms with Gasteiger partial charge in [0.15, 0.2) is 0 Å². The Labute approximate surface area is 145 Å². The minimum Gasteiger partial charge on any atom is -0.365 e. The first-order valence-electron chi connectivity index (χ1n) is 7.67. The molecular formula is C15H20N4O3S2. The molecule has 2 aromatic rings. The summed E-state index contributed by atoms with van der Waals surface area (Å²) in [5.41, 5.74) is 6.40. The molecule has 2 N–H and O–H groups in total. The first-order valence-corrected chi connectivity index (χ1v) is 9.88. The summed E-state index contributed by atoms with van der Waals surface area (Å²) in [4.78, 5) is 17.4. The van der Waals surface area contributed by atoms with Crippen molar-refractivity contribution in [2.45, 2.75) is 18.8 Å². The maximum absolute atomic E-state index is 12.4. The molecule has 9 heteroatoms. The molecule has 0 unspecified atom stereocenters. The van der Waals surface area contributed by atoms with Gasteiger partial charge in [-0.25, -0.2) is 4.98 Å². The number of amides is 1. The molecule has 3 heterocycles. The molecule has 3 rings (SSSR count). The normalized spacial score (nSPS) is 19.9. The lowest BCUT2D eigenvalue weighted by Crippen LogP contribution is -2.45. The number of fused-ring (bicyclic) bond motifs is 1. The van der Waals surface area contributed by atoms with Crippen molar-refractivity contribution in [1.82, 2.24) is 13.6 Å². The van der Waals surface area contributed by atoms with Crippen LogP contribution < -0.4 is 5.73 Å². The van der Waals surface area contributed by atoms with Crippen LogP contribution in [-0.2, 0) is 10.2 Å². The van der Waals surface area contributed by atoms with E-state index in [4.69, 9.17) is 5.73 Å². The van der Waals surface area contributed by atoms with Gasteiger partial charge in [0.25, 0.3) is 16.1 Å². The van der Waals surface area contributed by atoms with Crippen molar-refractivity contribution in [3.8, 4) is 0 Å². The predicted molar refractivity (Wildman–Crippen MR) is 94.3 cm³/mol. The number of hydrogen-bond acceptors (Lipinski definition) is 5. The van der Waals surface area contributed by atoms with E-state index in [2.05, 4.69) is 4.98 Å². The number of pyridine rings is 1. The smallest absolute Gasteiger partial charge is 0.281 e. The zero-order chi connectivity index (χ0) is 17.5. The summed E-state index contributed by atoms with van der Waals surface area (Å²) in [6.07, 6.45) is 3.24. The number of thiophene rings is 1. The lowest BCUT2D eigenvalue weighted by Gasteiger charge is -2.33. The third-order valence-electron chi connectivity index (χ3n) is 4.31. The van der Waals surface area contributed by atoms with E-state index in [1.54, 1.807) is 6.20 Å². The summed E-state index contributed by atoms with van der Waals surface area (Å²) >= 11 is 1.28. The van der Waals surface area contributed by atoms with Crippen molar-refractivity contribution in [2.24, 2.45) is 5.73 Å². The van der Waals surface area contributed by atoms with Gasteiger partial charge in [0.2, 0.25) is 0 Å². The van der Waals surface area contributed by atoms with Gasteiger partial charge < -0.3 is 5.73 Å². The summed E-state index contributed by atoms with van der Waals surface area (Å²) in [7, 11) is -0.421. The van der Waals surface area contributed by atoms with E-state index >= 15 is 0 Å². The molecule has 2 aromatic heterocycles. The average molecular weight is 368 g/mol. The number of carbonyl (C=O) groups is 1. The van der Waals surface area contributed by atoms with Gasteiger partial charge in [-0.1, -0.05) is 6.07 Å². The van der Waals surface area contributed by atoms with E-state index in [9.17, 15) is 13.2 Å². The standard InChI is InChI=1S/C15H20N4O3S2/c1-18(2)24(21,22)19-8-4-5-10(9-19)12-11-6-3-7-17-15(11)23-13(12)14(16)20/h3,6-7,10H,4-5,8-9H2,1-2H3,(H2,16,20)/t10-/m0/s1. The monoisotopic (exact) mass is 368 g/mol. The van der Waals surface area contributed by atoms with E-state index < -0.39 is 16.1 Å². The first kappa shape index (κ1) is 17.3. The fraction of sp³-hybridized carbons (Fsp3) is 0.467. The number of rotatable bonds is 4. The van der Waals surface area contributed by atoms with Crippen LogP contribution >= 0.6 is 11.3 Å². The molecule has 0 spiro atoms. The Hall–Kier alpha value is -1.55. The maximum atomic E-state index is 12.4. The number of nitrogens with zero attached hydrogens (tertiary/aromatic N) is 3. The second kappa shape index (κ2) is 6.40. The zero-order valence-electron chi connectivity index (χ0n) is 13.6. The molecule has 0 radical (unpaired) electrons. The second-order valence-corrected chi connectivity index (χ2v) is 9.19. The summed E-state index contributed by atoms with van der Waals surface area (Å²) in [6.45, 7) is 0.838. The highest BCUT2D eigenvalue weighted by molar-refractivity contribution is 7.86. The van der Waals surface area contributed by atoms with Crippen molar-refractivity contribution >= 4 is 37.7 Å². The number of primary amides is 1.